The van der Waals surface area contributed by atoms with Crippen LogP contribution >= 0.6 is 0 Å². The zero-order valence-corrected chi connectivity index (χ0v) is 13.4. The molecule has 0 aliphatic rings. The minimum absolute atomic E-state index is 0.198. The van der Waals surface area contributed by atoms with Gasteiger partial charge in [-0.15, -0.1) is 0 Å². The number of rotatable bonds is 4. The fraction of sp³-hybridized carbons (Fsp3) is 0.267. The highest BCUT2D eigenvalue weighted by molar-refractivity contribution is 6.01. The number of aromatic nitrogens is 4. The van der Waals surface area contributed by atoms with Crippen molar-refractivity contribution in [3.8, 4) is 5.75 Å². The highest BCUT2D eigenvalue weighted by Crippen LogP contribution is 2.27. The van der Waals surface area contributed by atoms with Crippen molar-refractivity contribution in [3.05, 3.63) is 34.5 Å². The van der Waals surface area contributed by atoms with E-state index < -0.39 is 35.3 Å². The Bertz CT molecular complexity index is 1070. The first-order valence-electron chi connectivity index (χ1n) is 7.41. The Labute approximate surface area is 140 Å². The summed E-state index contributed by atoms with van der Waals surface area (Å²) in [7, 11) is 0. The third-order valence-corrected chi connectivity index (χ3v) is 3.67. The summed E-state index contributed by atoms with van der Waals surface area (Å²) in [4.78, 5) is 43.7. The average Bonchev–Trinajstić information content (AvgIpc) is 2.92. The van der Waals surface area contributed by atoms with Gasteiger partial charge in [0.15, 0.2) is 11.4 Å². The first-order chi connectivity index (χ1) is 11.8. The van der Waals surface area contributed by atoms with E-state index >= 15 is 0 Å². The largest absolute Gasteiger partial charge is 0.505 e. The van der Waals surface area contributed by atoms with Crippen LogP contribution in [0, 0.1) is 0 Å². The lowest BCUT2D eigenvalue weighted by molar-refractivity contribution is -0.135. The van der Waals surface area contributed by atoms with Crippen molar-refractivity contribution >= 4 is 28.4 Å². The second-order valence-electron chi connectivity index (χ2n) is 5.69. The van der Waals surface area contributed by atoms with E-state index in [1.807, 2.05) is 0 Å². The van der Waals surface area contributed by atoms with Crippen LogP contribution in [0.15, 0.2) is 23.4 Å². The second-order valence-corrected chi connectivity index (χ2v) is 5.69. The maximum atomic E-state index is 12.8. The molecule has 0 aliphatic carbocycles. The number of carboxylic acid groups (broad SMARTS) is 1. The van der Waals surface area contributed by atoms with Gasteiger partial charge in [0.25, 0.3) is 11.5 Å². The molecular formula is C15H15N5O5. The summed E-state index contributed by atoms with van der Waals surface area (Å²) in [5, 5.41) is 21.8. The molecule has 0 aliphatic heterocycles. The van der Waals surface area contributed by atoms with Crippen molar-refractivity contribution < 1.29 is 19.8 Å². The molecule has 3 aromatic heterocycles. The molecule has 0 spiro atoms. The van der Waals surface area contributed by atoms with E-state index in [2.05, 4.69) is 15.3 Å². The number of amides is 1. The van der Waals surface area contributed by atoms with Crippen LogP contribution in [-0.2, 0) is 4.79 Å². The quantitative estimate of drug-likeness (QED) is 0.611. The van der Waals surface area contributed by atoms with E-state index in [0.29, 0.717) is 11.0 Å². The van der Waals surface area contributed by atoms with Crippen molar-refractivity contribution in [2.75, 3.05) is 6.54 Å². The van der Waals surface area contributed by atoms with Crippen LogP contribution in [0.25, 0.3) is 16.6 Å². The van der Waals surface area contributed by atoms with Gasteiger partial charge in [0.2, 0.25) is 0 Å². The molecule has 0 aromatic carbocycles. The summed E-state index contributed by atoms with van der Waals surface area (Å²) in [6.45, 7) is 2.81. The first-order valence-corrected chi connectivity index (χ1v) is 7.41. The number of carboxylic acids is 1. The van der Waals surface area contributed by atoms with Crippen LogP contribution in [0.1, 0.15) is 30.2 Å². The molecule has 10 heteroatoms. The standard InChI is InChI=1S/C15H15N5O5/c1-7(2)19-15(25)11(14(24)17-5-10(21)22)12(23)9-3-8-4-16-6-18-13(8)20(9)19/h3-4,6-7,23H,5H2,1-2H3,(H,17,24)(H,21,22). The molecule has 3 aromatic rings. The van der Waals surface area contributed by atoms with E-state index in [4.69, 9.17) is 5.11 Å². The van der Waals surface area contributed by atoms with Gasteiger partial charge in [0, 0.05) is 17.6 Å². The van der Waals surface area contributed by atoms with Crippen LogP contribution in [0.2, 0.25) is 0 Å². The maximum Gasteiger partial charge on any atom is 0.322 e. The number of carbonyl (C=O) groups excluding carboxylic acids is 1. The number of nitrogens with zero attached hydrogens (tertiary/aromatic N) is 4. The lowest BCUT2D eigenvalue weighted by atomic mass is 10.2. The summed E-state index contributed by atoms with van der Waals surface area (Å²) in [5.41, 5.74) is -0.662. The fourth-order valence-corrected chi connectivity index (χ4v) is 2.67. The summed E-state index contributed by atoms with van der Waals surface area (Å²) < 4.78 is 2.70. The second kappa shape index (κ2) is 5.89. The molecule has 25 heavy (non-hydrogen) atoms. The molecule has 0 unspecified atom stereocenters. The summed E-state index contributed by atoms with van der Waals surface area (Å²) in [5.74, 6) is -2.76. The van der Waals surface area contributed by atoms with Gasteiger partial charge < -0.3 is 15.5 Å². The zero-order chi connectivity index (χ0) is 18.3. The topological polar surface area (TPSA) is 139 Å². The average molecular weight is 345 g/mol. The number of aromatic hydroxyl groups is 1. The van der Waals surface area contributed by atoms with E-state index in [1.165, 1.54) is 21.7 Å². The van der Waals surface area contributed by atoms with Gasteiger partial charge in [-0.3, -0.25) is 14.4 Å². The van der Waals surface area contributed by atoms with Crippen LogP contribution < -0.4 is 10.9 Å². The van der Waals surface area contributed by atoms with Crippen LogP contribution in [0.3, 0.4) is 0 Å². The Morgan fingerprint density at radius 2 is 2.08 bits per heavy atom. The molecule has 3 N–H and O–H groups in total. The summed E-state index contributed by atoms with van der Waals surface area (Å²) in [6.07, 6.45) is 2.84. The van der Waals surface area contributed by atoms with Gasteiger partial charge in [0.05, 0.1) is 0 Å². The molecule has 3 rings (SSSR count). The fourth-order valence-electron chi connectivity index (χ4n) is 2.67. The van der Waals surface area contributed by atoms with E-state index in [0.717, 1.165) is 0 Å². The lowest BCUT2D eigenvalue weighted by Gasteiger charge is -2.17. The molecule has 1 amide bonds. The highest BCUT2D eigenvalue weighted by atomic mass is 16.4. The van der Waals surface area contributed by atoms with Crippen LogP contribution in [-0.4, -0.2) is 47.8 Å². The Balaban J connectivity index is 2.37. The minimum atomic E-state index is -1.26. The molecule has 0 atom stereocenters. The normalized spacial score (nSPS) is 11.3. The van der Waals surface area contributed by atoms with Crippen molar-refractivity contribution in [3.63, 3.8) is 0 Å². The van der Waals surface area contributed by atoms with E-state index in [1.54, 1.807) is 19.9 Å². The van der Waals surface area contributed by atoms with Gasteiger partial charge in [0.1, 0.15) is 24.0 Å². The smallest absolute Gasteiger partial charge is 0.322 e. The number of nitrogens with one attached hydrogen (secondary N) is 1. The van der Waals surface area contributed by atoms with Gasteiger partial charge >= 0.3 is 5.97 Å². The molecule has 0 bridgehead atoms. The molecule has 0 saturated carbocycles. The molecule has 130 valence electrons. The third kappa shape index (κ3) is 2.57. The third-order valence-electron chi connectivity index (χ3n) is 3.67. The van der Waals surface area contributed by atoms with E-state index in [-0.39, 0.29) is 11.6 Å². The number of aliphatic carboxylic acids is 1. The van der Waals surface area contributed by atoms with Gasteiger partial charge in [-0.05, 0) is 19.9 Å². The predicted molar refractivity (Wildman–Crippen MR) is 86.8 cm³/mol. The van der Waals surface area contributed by atoms with E-state index in [9.17, 15) is 19.5 Å². The van der Waals surface area contributed by atoms with Crippen molar-refractivity contribution in [1.29, 1.82) is 0 Å². The lowest BCUT2D eigenvalue weighted by Crippen LogP contribution is -2.38. The number of hydrogen-bond donors (Lipinski definition) is 3. The monoisotopic (exact) mass is 345 g/mol. The Morgan fingerprint density at radius 1 is 1.36 bits per heavy atom. The van der Waals surface area contributed by atoms with Gasteiger partial charge in [-0.1, -0.05) is 0 Å². The highest BCUT2D eigenvalue weighted by Gasteiger charge is 2.25. The number of hydrogen-bond acceptors (Lipinski definition) is 6. The van der Waals surface area contributed by atoms with Crippen molar-refractivity contribution in [2.45, 2.75) is 19.9 Å². The van der Waals surface area contributed by atoms with Crippen molar-refractivity contribution in [2.24, 2.45) is 0 Å². The predicted octanol–water partition coefficient (Wildman–Crippen LogP) is 0.145. The number of fused-ring (bicyclic) bond motifs is 3. The molecule has 0 fully saturated rings. The van der Waals surface area contributed by atoms with Crippen molar-refractivity contribution in [1.82, 2.24) is 24.5 Å². The zero-order valence-electron chi connectivity index (χ0n) is 13.4. The molecule has 3 heterocycles. The molecular weight excluding hydrogens is 330 g/mol. The van der Waals surface area contributed by atoms with Gasteiger partial charge in [-0.25, -0.2) is 19.2 Å². The summed E-state index contributed by atoms with van der Waals surface area (Å²) >= 11 is 0. The summed E-state index contributed by atoms with van der Waals surface area (Å²) in [6, 6.07) is 1.20. The molecule has 0 radical (unpaired) electrons. The minimum Gasteiger partial charge on any atom is -0.505 e. The Morgan fingerprint density at radius 3 is 2.72 bits per heavy atom. The Kier molecular flexibility index (Phi) is 3.87. The van der Waals surface area contributed by atoms with Crippen LogP contribution in [0.4, 0.5) is 0 Å². The Hall–Kier alpha value is -3.43. The van der Waals surface area contributed by atoms with Crippen LogP contribution in [0.5, 0.6) is 5.75 Å². The maximum absolute atomic E-state index is 12.8. The molecule has 0 saturated heterocycles. The van der Waals surface area contributed by atoms with Gasteiger partial charge in [-0.2, -0.15) is 0 Å². The first kappa shape index (κ1) is 16.4. The molecule has 10 nitrogen and oxygen atoms in total. The SMILES string of the molecule is CC(C)n1c(=O)c(C(=O)NCC(=O)O)c(O)c2cc3cncnc3n21. The number of carbonyl (C=O) groups is 2.